The van der Waals surface area contributed by atoms with E-state index in [4.69, 9.17) is 9.52 Å². The fourth-order valence-electron chi connectivity index (χ4n) is 2.81. The summed E-state index contributed by atoms with van der Waals surface area (Å²) in [4.78, 5) is 35.3. The molecule has 0 saturated carbocycles. The zero-order valence-corrected chi connectivity index (χ0v) is 18.2. The minimum atomic E-state index is -4.22. The van der Waals surface area contributed by atoms with Crippen LogP contribution in [0.5, 0.6) is 5.75 Å². The van der Waals surface area contributed by atoms with Crippen molar-refractivity contribution in [3.63, 3.8) is 0 Å². The van der Waals surface area contributed by atoms with Crippen molar-refractivity contribution in [2.45, 2.75) is 65.0 Å². The molecule has 9 heteroatoms. The van der Waals surface area contributed by atoms with Gasteiger partial charge in [0, 0.05) is 24.5 Å². The van der Waals surface area contributed by atoms with Crippen molar-refractivity contribution >= 4 is 11.8 Å². The number of Topliss-reactive ketones (excluding diaryl/α,β-unsaturated/α-hetero) is 1. The van der Waals surface area contributed by atoms with Crippen LogP contribution in [0.2, 0.25) is 0 Å². The Hall–Kier alpha value is -3.10. The first kappa shape index (κ1) is 26.9. The molecule has 1 unspecified atom stereocenters. The average molecular weight is 456 g/mol. The molecule has 0 spiro atoms. The number of carboxylic acids is 1. The van der Waals surface area contributed by atoms with Crippen LogP contribution in [0.25, 0.3) is 0 Å². The van der Waals surface area contributed by atoms with E-state index in [0.717, 1.165) is 6.08 Å². The lowest BCUT2D eigenvalue weighted by Crippen LogP contribution is -2.16. The molecule has 1 rings (SSSR count). The smallest absolute Gasteiger partial charge is 0.389 e. The van der Waals surface area contributed by atoms with Crippen molar-refractivity contribution < 1.29 is 37.4 Å². The molecule has 0 aliphatic heterocycles. The van der Waals surface area contributed by atoms with Crippen LogP contribution in [0.3, 0.4) is 0 Å². The number of aromatic hydroxyl groups is 1. The van der Waals surface area contributed by atoms with E-state index >= 15 is 0 Å². The monoisotopic (exact) mass is 456 g/mol. The van der Waals surface area contributed by atoms with Crippen LogP contribution in [0.4, 0.5) is 13.2 Å². The van der Waals surface area contributed by atoms with E-state index in [0.29, 0.717) is 18.4 Å². The van der Waals surface area contributed by atoms with Gasteiger partial charge in [-0.3, -0.25) is 4.79 Å². The van der Waals surface area contributed by atoms with Gasteiger partial charge >= 0.3 is 17.8 Å². The summed E-state index contributed by atoms with van der Waals surface area (Å²) in [6.07, 6.45) is 1.25. The molecular formula is C23H27F3O6. The zero-order valence-electron chi connectivity index (χ0n) is 18.2. The maximum atomic E-state index is 12.6. The number of hydrogen-bond donors (Lipinski definition) is 2. The molecule has 0 radical (unpaired) electrons. The molecule has 0 bridgehead atoms. The van der Waals surface area contributed by atoms with Gasteiger partial charge in [0.05, 0.1) is 0 Å². The molecular weight excluding hydrogens is 429 g/mol. The molecule has 0 aromatic carbocycles. The number of rotatable bonds is 11. The maximum absolute atomic E-state index is 12.6. The van der Waals surface area contributed by atoms with E-state index in [2.05, 4.69) is 0 Å². The summed E-state index contributed by atoms with van der Waals surface area (Å²) >= 11 is 0. The highest BCUT2D eigenvalue weighted by Gasteiger charge is 2.26. The maximum Gasteiger partial charge on any atom is 0.389 e. The fraction of sp³-hybridized carbons (Fsp3) is 0.435. The SMILES string of the molecule is C/C(=C\C=C(/C)C(=O)c1c(O)cc(C(C)CC/C=C/C(=O)O)oc1=O)CCCC(F)(F)F. The topological polar surface area (TPSA) is 105 Å². The second-order valence-electron chi connectivity index (χ2n) is 7.58. The van der Waals surface area contributed by atoms with Crippen molar-refractivity contribution in [3.8, 4) is 5.75 Å². The van der Waals surface area contributed by atoms with Crippen molar-refractivity contribution in [1.29, 1.82) is 0 Å². The lowest BCUT2D eigenvalue weighted by Gasteiger charge is -2.11. The molecule has 176 valence electrons. The summed E-state index contributed by atoms with van der Waals surface area (Å²) in [7, 11) is 0. The molecule has 0 fully saturated rings. The molecule has 1 heterocycles. The van der Waals surface area contributed by atoms with E-state index in [9.17, 15) is 32.7 Å². The van der Waals surface area contributed by atoms with E-state index in [1.807, 2.05) is 0 Å². The highest BCUT2D eigenvalue weighted by molar-refractivity contribution is 6.09. The first-order chi connectivity index (χ1) is 14.8. The van der Waals surface area contributed by atoms with Crippen molar-refractivity contribution in [3.05, 3.63) is 63.3 Å². The van der Waals surface area contributed by atoms with Gasteiger partial charge in [-0.15, -0.1) is 0 Å². The van der Waals surface area contributed by atoms with Gasteiger partial charge in [0.2, 0.25) is 0 Å². The zero-order chi connectivity index (χ0) is 24.5. The Morgan fingerprint density at radius 2 is 1.88 bits per heavy atom. The predicted octanol–water partition coefficient (Wildman–Crippen LogP) is 5.68. The van der Waals surface area contributed by atoms with Crippen LogP contribution in [0.15, 0.2) is 50.7 Å². The van der Waals surface area contributed by atoms with Gasteiger partial charge in [0.15, 0.2) is 5.78 Å². The molecule has 1 aromatic heterocycles. The number of ketones is 1. The lowest BCUT2D eigenvalue weighted by atomic mass is 9.99. The second-order valence-corrected chi connectivity index (χ2v) is 7.58. The molecule has 1 aromatic rings. The predicted molar refractivity (Wildman–Crippen MR) is 113 cm³/mol. The lowest BCUT2D eigenvalue weighted by molar-refractivity contribution is -0.135. The van der Waals surface area contributed by atoms with Crippen LogP contribution < -0.4 is 5.63 Å². The third-order valence-corrected chi connectivity index (χ3v) is 4.70. The quantitative estimate of drug-likeness (QED) is 0.252. The molecule has 32 heavy (non-hydrogen) atoms. The molecule has 0 aliphatic carbocycles. The summed E-state index contributed by atoms with van der Waals surface area (Å²) < 4.78 is 41.8. The Morgan fingerprint density at radius 3 is 2.44 bits per heavy atom. The van der Waals surface area contributed by atoms with E-state index in [1.165, 1.54) is 31.2 Å². The minimum absolute atomic E-state index is 0.0667. The molecule has 0 amide bonds. The van der Waals surface area contributed by atoms with Gasteiger partial charge in [-0.2, -0.15) is 13.2 Å². The second kappa shape index (κ2) is 12.1. The van der Waals surface area contributed by atoms with Crippen LogP contribution in [-0.2, 0) is 4.79 Å². The normalized spacial score (nSPS) is 14.1. The number of carboxylic acid groups (broad SMARTS) is 1. The highest BCUT2D eigenvalue weighted by atomic mass is 19.4. The van der Waals surface area contributed by atoms with Gasteiger partial charge in [0.25, 0.3) is 0 Å². The summed E-state index contributed by atoms with van der Waals surface area (Å²) in [5, 5.41) is 18.8. The number of hydrogen-bond acceptors (Lipinski definition) is 5. The largest absolute Gasteiger partial charge is 0.507 e. The number of alkyl halides is 3. The fourth-order valence-corrected chi connectivity index (χ4v) is 2.81. The van der Waals surface area contributed by atoms with Crippen molar-refractivity contribution in [2.24, 2.45) is 0 Å². The Bertz CT molecular complexity index is 967. The summed E-state index contributed by atoms with van der Waals surface area (Å²) in [5.74, 6) is -2.50. The van der Waals surface area contributed by atoms with Gasteiger partial charge in [-0.1, -0.05) is 30.7 Å². The highest BCUT2D eigenvalue weighted by Crippen LogP contribution is 2.26. The third-order valence-electron chi connectivity index (χ3n) is 4.70. The molecule has 0 saturated heterocycles. The van der Waals surface area contributed by atoms with Gasteiger partial charge < -0.3 is 14.6 Å². The number of halogens is 3. The summed E-state index contributed by atoms with van der Waals surface area (Å²) in [6, 6.07) is 1.19. The Balaban J connectivity index is 2.90. The van der Waals surface area contributed by atoms with Crippen LogP contribution in [0, 0.1) is 0 Å². The van der Waals surface area contributed by atoms with Gasteiger partial charge in [0.1, 0.15) is 17.1 Å². The van der Waals surface area contributed by atoms with E-state index in [-0.39, 0.29) is 30.1 Å². The average Bonchev–Trinajstić information content (AvgIpc) is 2.67. The number of carbonyl (C=O) groups is 2. The van der Waals surface area contributed by atoms with Crippen LogP contribution >= 0.6 is 0 Å². The first-order valence-electron chi connectivity index (χ1n) is 10.0. The minimum Gasteiger partial charge on any atom is -0.507 e. The van der Waals surface area contributed by atoms with Gasteiger partial charge in [-0.05, 0) is 45.1 Å². The summed E-state index contributed by atoms with van der Waals surface area (Å²) in [6.45, 7) is 4.79. The first-order valence-corrected chi connectivity index (χ1v) is 10.0. The number of carbonyl (C=O) groups excluding carboxylic acids is 1. The van der Waals surface area contributed by atoms with Crippen molar-refractivity contribution in [2.75, 3.05) is 0 Å². The standard InChI is InChI=1S/C23H27F3O6/c1-14(7-6-12-23(24,25)26)10-11-16(3)21(30)20-17(27)13-18(32-22(20)31)15(2)8-4-5-9-19(28)29/h5,9-11,13,15,27H,4,6-8,12H2,1-3H3,(H,28,29)/b9-5+,14-10+,16-11+. The number of aliphatic carboxylic acids is 1. The molecule has 0 aliphatic rings. The molecule has 2 N–H and O–H groups in total. The number of allylic oxidation sites excluding steroid dienone is 5. The van der Waals surface area contributed by atoms with Crippen LogP contribution in [0.1, 0.15) is 74.9 Å². The molecule has 6 nitrogen and oxygen atoms in total. The van der Waals surface area contributed by atoms with Crippen LogP contribution in [-0.4, -0.2) is 28.1 Å². The Labute approximate surface area is 183 Å². The van der Waals surface area contributed by atoms with Gasteiger partial charge in [-0.25, -0.2) is 9.59 Å². The van der Waals surface area contributed by atoms with E-state index < -0.39 is 41.3 Å². The third kappa shape index (κ3) is 9.36. The van der Waals surface area contributed by atoms with Crippen molar-refractivity contribution in [1.82, 2.24) is 0 Å². The summed E-state index contributed by atoms with van der Waals surface area (Å²) in [5.41, 5.74) is -0.777. The van der Waals surface area contributed by atoms with E-state index in [1.54, 1.807) is 13.8 Å². The Kier molecular flexibility index (Phi) is 10.2. The Morgan fingerprint density at radius 1 is 1.22 bits per heavy atom. The molecule has 1 atom stereocenters.